The van der Waals surface area contributed by atoms with Crippen LogP contribution < -0.4 is 10.9 Å². The number of carbonyl (C=O) groups excluding carboxylic acids is 1. The van der Waals surface area contributed by atoms with Crippen molar-refractivity contribution in [3.05, 3.63) is 85.3 Å². The highest BCUT2D eigenvalue weighted by Crippen LogP contribution is 2.30. The summed E-state index contributed by atoms with van der Waals surface area (Å²) in [6, 6.07) is 6.79. The van der Waals surface area contributed by atoms with Gasteiger partial charge in [-0.05, 0) is 44.0 Å². The van der Waals surface area contributed by atoms with Crippen molar-refractivity contribution in [1.82, 2.24) is 29.6 Å². The van der Waals surface area contributed by atoms with E-state index in [1.165, 1.54) is 16.0 Å². The van der Waals surface area contributed by atoms with E-state index in [9.17, 15) is 9.59 Å². The minimum absolute atomic E-state index is 0.245. The monoisotopic (exact) mass is 482 g/mol. The second-order valence-corrected chi connectivity index (χ2v) is 9.24. The average molecular weight is 483 g/mol. The Labute approximate surface area is 199 Å². The van der Waals surface area contributed by atoms with Crippen molar-refractivity contribution in [3.63, 3.8) is 0 Å². The first-order chi connectivity index (χ1) is 15.7. The van der Waals surface area contributed by atoms with Gasteiger partial charge in [0.1, 0.15) is 21.8 Å². The average Bonchev–Trinajstić information content (AvgIpc) is 3.37. The van der Waals surface area contributed by atoms with Gasteiger partial charge in [0.25, 0.3) is 11.5 Å². The molecule has 1 N–H and O–H groups in total. The van der Waals surface area contributed by atoms with Crippen LogP contribution in [0, 0.1) is 20.8 Å². The van der Waals surface area contributed by atoms with Crippen LogP contribution in [0.3, 0.4) is 0 Å². The minimum atomic E-state index is -0.488. The molecule has 10 heteroatoms. The van der Waals surface area contributed by atoms with E-state index < -0.39 is 6.04 Å². The summed E-state index contributed by atoms with van der Waals surface area (Å²) in [7, 11) is 3.48. The zero-order valence-electron chi connectivity index (χ0n) is 18.9. The largest absolute Gasteiger partial charge is 0.337 e. The van der Waals surface area contributed by atoms with Gasteiger partial charge in [-0.3, -0.25) is 9.59 Å². The molecule has 0 aliphatic heterocycles. The molecular weight excluding hydrogens is 460 g/mol. The number of amides is 1. The summed E-state index contributed by atoms with van der Waals surface area (Å²) in [5.41, 5.74) is 3.12. The van der Waals surface area contributed by atoms with Crippen LogP contribution in [0.4, 0.5) is 0 Å². The molecule has 1 amide bonds. The van der Waals surface area contributed by atoms with Crippen LogP contribution in [-0.4, -0.2) is 30.2 Å². The van der Waals surface area contributed by atoms with Crippen molar-refractivity contribution in [2.75, 3.05) is 0 Å². The molecule has 0 aliphatic rings. The van der Waals surface area contributed by atoms with E-state index in [1.54, 1.807) is 32.3 Å². The van der Waals surface area contributed by atoms with Crippen molar-refractivity contribution >= 4 is 28.8 Å². The molecule has 0 radical (unpaired) electrons. The first kappa shape index (κ1) is 22.9. The molecule has 3 heterocycles. The third kappa shape index (κ3) is 4.34. The van der Waals surface area contributed by atoms with Crippen molar-refractivity contribution in [2.24, 2.45) is 14.1 Å². The van der Waals surface area contributed by atoms with Gasteiger partial charge in [-0.25, -0.2) is 14.6 Å². The quantitative estimate of drug-likeness (QED) is 0.467. The summed E-state index contributed by atoms with van der Waals surface area (Å²) < 4.78 is 3.16. The maximum absolute atomic E-state index is 13.4. The van der Waals surface area contributed by atoms with Crippen LogP contribution in [0.1, 0.15) is 44.1 Å². The standard InChI is InChI=1S/C23H23ClN6O2S/c1-12-13(2)28-30(5)23(32)17(12)22-26-14(3)19(33-22)21(31)27-18(20-25-10-11-29(20)4)15-6-8-16(24)9-7-15/h6-11,18H,1-5H3,(H,27,31)/t18-/m1/s1. The second kappa shape index (κ2) is 8.92. The Morgan fingerprint density at radius 2 is 1.82 bits per heavy atom. The highest BCUT2D eigenvalue weighted by atomic mass is 35.5. The zero-order valence-corrected chi connectivity index (χ0v) is 20.5. The molecule has 0 aliphatic carbocycles. The van der Waals surface area contributed by atoms with Gasteiger partial charge in [0.2, 0.25) is 0 Å². The van der Waals surface area contributed by atoms with Crippen LogP contribution in [0.2, 0.25) is 5.02 Å². The molecule has 0 bridgehead atoms. The highest BCUT2D eigenvalue weighted by molar-refractivity contribution is 7.17. The van der Waals surface area contributed by atoms with Gasteiger partial charge in [-0.2, -0.15) is 5.10 Å². The Morgan fingerprint density at radius 1 is 1.12 bits per heavy atom. The van der Waals surface area contributed by atoms with Crippen LogP contribution in [0.5, 0.6) is 0 Å². The summed E-state index contributed by atoms with van der Waals surface area (Å²) in [5.74, 6) is 0.391. The van der Waals surface area contributed by atoms with Gasteiger partial charge in [0, 0.05) is 31.5 Å². The minimum Gasteiger partial charge on any atom is -0.337 e. The van der Waals surface area contributed by atoms with E-state index in [1.807, 2.05) is 43.8 Å². The van der Waals surface area contributed by atoms with Gasteiger partial charge < -0.3 is 9.88 Å². The lowest BCUT2D eigenvalue weighted by Gasteiger charge is -2.19. The van der Waals surface area contributed by atoms with E-state index >= 15 is 0 Å². The van der Waals surface area contributed by atoms with Crippen molar-refractivity contribution in [2.45, 2.75) is 26.8 Å². The molecule has 1 aromatic carbocycles. The third-order valence-electron chi connectivity index (χ3n) is 5.54. The Bertz CT molecular complexity index is 1400. The third-order valence-corrected chi connectivity index (χ3v) is 6.96. The van der Waals surface area contributed by atoms with Crippen molar-refractivity contribution in [1.29, 1.82) is 0 Å². The van der Waals surface area contributed by atoms with E-state index in [-0.39, 0.29) is 11.5 Å². The number of imidazole rings is 1. The van der Waals surface area contributed by atoms with E-state index in [0.717, 1.165) is 16.8 Å². The van der Waals surface area contributed by atoms with Crippen LogP contribution in [-0.2, 0) is 14.1 Å². The molecule has 4 rings (SSSR count). The number of benzene rings is 1. The van der Waals surface area contributed by atoms with Gasteiger partial charge in [-0.15, -0.1) is 11.3 Å². The number of thiazole rings is 1. The molecule has 0 unspecified atom stereocenters. The number of hydrogen-bond donors (Lipinski definition) is 1. The molecule has 0 fully saturated rings. The molecule has 0 saturated carbocycles. The molecule has 170 valence electrons. The van der Waals surface area contributed by atoms with Crippen LogP contribution in [0.25, 0.3) is 10.6 Å². The topological polar surface area (TPSA) is 94.7 Å². The lowest BCUT2D eigenvalue weighted by atomic mass is 10.1. The summed E-state index contributed by atoms with van der Waals surface area (Å²) >= 11 is 7.25. The van der Waals surface area contributed by atoms with Crippen molar-refractivity contribution < 1.29 is 4.79 Å². The maximum Gasteiger partial charge on any atom is 0.277 e. The Kier molecular flexibility index (Phi) is 6.18. The Balaban J connectivity index is 1.73. The number of rotatable bonds is 5. The molecular formula is C23H23ClN6O2S. The first-order valence-electron chi connectivity index (χ1n) is 10.2. The lowest BCUT2D eigenvalue weighted by Crippen LogP contribution is -2.31. The predicted molar refractivity (Wildman–Crippen MR) is 129 cm³/mol. The molecule has 8 nitrogen and oxygen atoms in total. The number of nitrogens with zero attached hydrogens (tertiary/aromatic N) is 5. The smallest absolute Gasteiger partial charge is 0.277 e. The van der Waals surface area contributed by atoms with Gasteiger partial charge in [-0.1, -0.05) is 23.7 Å². The Hall–Kier alpha value is -3.30. The van der Waals surface area contributed by atoms with Crippen LogP contribution in [0.15, 0.2) is 41.5 Å². The zero-order chi connectivity index (χ0) is 23.9. The van der Waals surface area contributed by atoms with Gasteiger partial charge in [0.15, 0.2) is 0 Å². The highest BCUT2D eigenvalue weighted by Gasteiger charge is 2.25. The molecule has 1 atom stereocenters. The summed E-state index contributed by atoms with van der Waals surface area (Å²) in [5, 5.41) is 8.41. The molecule has 4 aromatic rings. The Morgan fingerprint density at radius 3 is 2.45 bits per heavy atom. The summed E-state index contributed by atoms with van der Waals surface area (Å²) in [4.78, 5) is 35.6. The fourth-order valence-corrected chi connectivity index (χ4v) is 4.81. The summed E-state index contributed by atoms with van der Waals surface area (Å²) in [6.07, 6.45) is 3.51. The lowest BCUT2D eigenvalue weighted by molar-refractivity contribution is 0.0944. The van der Waals surface area contributed by atoms with Gasteiger partial charge >= 0.3 is 0 Å². The van der Waals surface area contributed by atoms with E-state index in [4.69, 9.17) is 11.6 Å². The van der Waals surface area contributed by atoms with E-state index in [0.29, 0.717) is 32.0 Å². The number of carbonyl (C=O) groups is 1. The number of hydrogen-bond acceptors (Lipinski definition) is 6. The number of halogens is 1. The van der Waals surface area contributed by atoms with E-state index in [2.05, 4.69) is 20.4 Å². The molecule has 0 saturated heterocycles. The number of nitrogens with one attached hydrogen (secondary N) is 1. The summed E-state index contributed by atoms with van der Waals surface area (Å²) in [6.45, 7) is 5.45. The predicted octanol–water partition coefficient (Wildman–Crippen LogP) is 3.74. The normalized spacial score (nSPS) is 12.1. The second-order valence-electron chi connectivity index (χ2n) is 7.80. The maximum atomic E-state index is 13.4. The fourth-order valence-electron chi connectivity index (χ4n) is 3.62. The number of aromatic nitrogens is 5. The fraction of sp³-hybridized carbons (Fsp3) is 0.261. The SMILES string of the molecule is Cc1nc(-c2c(C)c(C)nn(C)c2=O)sc1C(=O)N[C@H](c1ccc(Cl)cc1)c1nccn1C. The molecule has 0 spiro atoms. The molecule has 33 heavy (non-hydrogen) atoms. The van der Waals surface area contributed by atoms with Crippen molar-refractivity contribution in [3.8, 4) is 10.6 Å². The van der Waals surface area contributed by atoms with Gasteiger partial charge in [0.05, 0.1) is 17.0 Å². The first-order valence-corrected chi connectivity index (χ1v) is 11.4. The molecule has 3 aromatic heterocycles. The van der Waals surface area contributed by atoms with Crippen LogP contribution >= 0.6 is 22.9 Å². The number of aryl methyl sites for hydroxylation is 4.